The Kier molecular flexibility index (Phi) is 7.36. The number of benzene rings is 2. The fraction of sp³-hybridized carbons (Fsp3) is 0.318. The van der Waals surface area contributed by atoms with E-state index in [1.807, 2.05) is 13.8 Å². The van der Waals surface area contributed by atoms with Crippen molar-refractivity contribution in [2.75, 3.05) is 13.2 Å². The number of halogens is 1. The first-order chi connectivity index (χ1) is 14.9. The Balaban J connectivity index is 1.63. The van der Waals surface area contributed by atoms with E-state index in [0.717, 1.165) is 0 Å². The second-order valence-corrected chi connectivity index (χ2v) is 7.58. The standard InChI is InChI=1S/C22H24ClN3O5/c1-3-13(2)19(24-20(27)14-4-7-16(23)8-5-14)22(29)26-25-21(28)15-6-9-17-18(12-15)31-11-10-30-17/h4-9,12-13,19H,3,10-11H2,1-2H3,(H,24,27)(H,25,28)(H,26,29)/t13-,19-/m0/s1. The van der Waals surface area contributed by atoms with Gasteiger partial charge in [0.2, 0.25) is 0 Å². The highest BCUT2D eigenvalue weighted by atomic mass is 35.5. The molecule has 0 saturated carbocycles. The maximum Gasteiger partial charge on any atom is 0.269 e. The molecule has 1 heterocycles. The van der Waals surface area contributed by atoms with Crippen LogP contribution in [-0.2, 0) is 4.79 Å². The molecule has 1 aliphatic heterocycles. The summed E-state index contributed by atoms with van der Waals surface area (Å²) in [7, 11) is 0. The SMILES string of the molecule is CC[C@H](C)[C@H](NC(=O)c1ccc(Cl)cc1)C(=O)NNC(=O)c1ccc2c(c1)OCCO2. The van der Waals surface area contributed by atoms with Gasteiger partial charge >= 0.3 is 0 Å². The predicted molar refractivity (Wildman–Crippen MR) is 115 cm³/mol. The number of hydrogen-bond donors (Lipinski definition) is 3. The molecule has 0 aliphatic carbocycles. The molecule has 1 aliphatic rings. The smallest absolute Gasteiger partial charge is 0.269 e. The van der Waals surface area contributed by atoms with Crippen LogP contribution in [0.15, 0.2) is 42.5 Å². The van der Waals surface area contributed by atoms with Gasteiger partial charge in [0.25, 0.3) is 17.7 Å². The summed E-state index contributed by atoms with van der Waals surface area (Å²) in [5.41, 5.74) is 5.46. The molecule has 31 heavy (non-hydrogen) atoms. The summed E-state index contributed by atoms with van der Waals surface area (Å²) in [5.74, 6) is -0.580. The van der Waals surface area contributed by atoms with Gasteiger partial charge in [-0.1, -0.05) is 31.9 Å². The van der Waals surface area contributed by atoms with E-state index in [1.54, 1.807) is 42.5 Å². The molecule has 0 spiro atoms. The first-order valence-electron chi connectivity index (χ1n) is 9.95. The van der Waals surface area contributed by atoms with E-state index < -0.39 is 23.8 Å². The van der Waals surface area contributed by atoms with Gasteiger partial charge in [-0.05, 0) is 48.4 Å². The fourth-order valence-electron chi connectivity index (χ4n) is 2.98. The molecule has 0 unspecified atom stereocenters. The zero-order valence-electron chi connectivity index (χ0n) is 17.2. The lowest BCUT2D eigenvalue weighted by molar-refractivity contribution is -0.124. The lowest BCUT2D eigenvalue weighted by Crippen LogP contribution is -2.54. The number of rotatable bonds is 6. The molecular formula is C22H24ClN3O5. The monoisotopic (exact) mass is 445 g/mol. The van der Waals surface area contributed by atoms with Crippen LogP contribution in [0.1, 0.15) is 41.0 Å². The summed E-state index contributed by atoms with van der Waals surface area (Å²) in [6.07, 6.45) is 0.648. The van der Waals surface area contributed by atoms with Crippen LogP contribution in [0.2, 0.25) is 5.02 Å². The molecule has 3 amide bonds. The van der Waals surface area contributed by atoms with E-state index in [0.29, 0.717) is 47.3 Å². The number of nitrogens with one attached hydrogen (secondary N) is 3. The number of carbonyl (C=O) groups is 3. The first-order valence-corrected chi connectivity index (χ1v) is 10.3. The van der Waals surface area contributed by atoms with Crippen LogP contribution in [0, 0.1) is 5.92 Å². The summed E-state index contributed by atoms with van der Waals surface area (Å²) >= 11 is 5.86. The molecule has 0 bridgehead atoms. The van der Waals surface area contributed by atoms with Gasteiger partial charge in [0.1, 0.15) is 19.3 Å². The van der Waals surface area contributed by atoms with Crippen molar-refractivity contribution < 1.29 is 23.9 Å². The van der Waals surface area contributed by atoms with Gasteiger partial charge in [-0.15, -0.1) is 0 Å². The van der Waals surface area contributed by atoms with Gasteiger partial charge in [-0.2, -0.15) is 0 Å². The maximum atomic E-state index is 12.7. The van der Waals surface area contributed by atoms with Gasteiger partial charge in [0.05, 0.1) is 0 Å². The topological polar surface area (TPSA) is 106 Å². The average Bonchev–Trinajstić information content (AvgIpc) is 2.80. The first kappa shape index (κ1) is 22.4. The van der Waals surface area contributed by atoms with Crippen molar-refractivity contribution in [2.45, 2.75) is 26.3 Å². The van der Waals surface area contributed by atoms with Crippen LogP contribution in [0.4, 0.5) is 0 Å². The highest BCUT2D eigenvalue weighted by Crippen LogP contribution is 2.30. The Morgan fingerprint density at radius 1 is 0.935 bits per heavy atom. The Labute approximate surface area is 185 Å². The van der Waals surface area contributed by atoms with Crippen molar-refractivity contribution in [1.29, 1.82) is 0 Å². The molecule has 9 heteroatoms. The number of fused-ring (bicyclic) bond motifs is 1. The third-order valence-corrected chi connectivity index (χ3v) is 5.24. The second kappa shape index (κ2) is 10.2. The number of amides is 3. The Bertz CT molecular complexity index is 964. The third kappa shape index (κ3) is 5.67. The summed E-state index contributed by atoms with van der Waals surface area (Å²) in [5, 5.41) is 3.23. The number of carbonyl (C=O) groups excluding carboxylic acids is 3. The van der Waals surface area contributed by atoms with Crippen molar-refractivity contribution in [2.24, 2.45) is 5.92 Å². The van der Waals surface area contributed by atoms with E-state index >= 15 is 0 Å². The minimum atomic E-state index is -0.839. The van der Waals surface area contributed by atoms with Crippen LogP contribution in [0.5, 0.6) is 11.5 Å². The second-order valence-electron chi connectivity index (χ2n) is 7.15. The Morgan fingerprint density at radius 2 is 1.58 bits per heavy atom. The molecule has 3 N–H and O–H groups in total. The summed E-state index contributed by atoms with van der Waals surface area (Å²) in [6, 6.07) is 10.3. The van der Waals surface area contributed by atoms with Gasteiger partial charge in [0.15, 0.2) is 11.5 Å². The highest BCUT2D eigenvalue weighted by Gasteiger charge is 2.27. The van der Waals surface area contributed by atoms with Crippen molar-refractivity contribution >= 4 is 29.3 Å². The van der Waals surface area contributed by atoms with Crippen molar-refractivity contribution in [3.05, 3.63) is 58.6 Å². The molecule has 3 rings (SSSR count). The largest absolute Gasteiger partial charge is 0.486 e. The van der Waals surface area contributed by atoms with Crippen molar-refractivity contribution in [3.8, 4) is 11.5 Å². The van der Waals surface area contributed by atoms with Crippen molar-refractivity contribution in [1.82, 2.24) is 16.2 Å². The van der Waals surface area contributed by atoms with Crippen LogP contribution in [0.25, 0.3) is 0 Å². The lowest BCUT2D eigenvalue weighted by atomic mass is 9.98. The number of ether oxygens (including phenoxy) is 2. The van der Waals surface area contributed by atoms with E-state index in [9.17, 15) is 14.4 Å². The molecule has 0 saturated heterocycles. The lowest BCUT2D eigenvalue weighted by Gasteiger charge is -2.24. The van der Waals surface area contributed by atoms with Gasteiger partial charge in [-0.25, -0.2) is 0 Å². The zero-order chi connectivity index (χ0) is 22.4. The van der Waals surface area contributed by atoms with Gasteiger partial charge in [-0.3, -0.25) is 25.2 Å². The van der Waals surface area contributed by atoms with E-state index in [1.165, 1.54) is 0 Å². The third-order valence-electron chi connectivity index (χ3n) is 4.99. The highest BCUT2D eigenvalue weighted by molar-refractivity contribution is 6.30. The van der Waals surface area contributed by atoms with Crippen LogP contribution in [-0.4, -0.2) is 37.0 Å². The average molecular weight is 446 g/mol. The molecule has 2 aromatic rings. The summed E-state index contributed by atoms with van der Waals surface area (Å²) in [4.78, 5) is 37.7. The summed E-state index contributed by atoms with van der Waals surface area (Å²) in [6.45, 7) is 4.61. The zero-order valence-corrected chi connectivity index (χ0v) is 18.0. The van der Waals surface area contributed by atoms with E-state index in [4.69, 9.17) is 21.1 Å². The number of hydrogen-bond acceptors (Lipinski definition) is 5. The Hall–Kier alpha value is -3.26. The normalized spacial score (nSPS) is 14.2. The molecule has 2 atom stereocenters. The quantitative estimate of drug-likeness (QED) is 0.593. The molecule has 0 fully saturated rings. The molecule has 164 valence electrons. The molecule has 8 nitrogen and oxygen atoms in total. The minimum Gasteiger partial charge on any atom is -0.486 e. The predicted octanol–water partition coefficient (Wildman–Crippen LogP) is 2.72. The van der Waals surface area contributed by atoms with Gasteiger partial charge in [0, 0.05) is 16.1 Å². The maximum absolute atomic E-state index is 12.7. The summed E-state index contributed by atoms with van der Waals surface area (Å²) < 4.78 is 10.9. The minimum absolute atomic E-state index is 0.164. The molecule has 0 aromatic heterocycles. The van der Waals surface area contributed by atoms with Crippen LogP contribution < -0.4 is 25.6 Å². The molecule has 2 aromatic carbocycles. The number of hydrazine groups is 1. The van der Waals surface area contributed by atoms with E-state index in [2.05, 4.69) is 16.2 Å². The van der Waals surface area contributed by atoms with Crippen LogP contribution in [0.3, 0.4) is 0 Å². The Morgan fingerprint density at radius 3 is 2.26 bits per heavy atom. The molecular weight excluding hydrogens is 422 g/mol. The molecule has 0 radical (unpaired) electrons. The van der Waals surface area contributed by atoms with Crippen LogP contribution >= 0.6 is 11.6 Å². The fourth-order valence-corrected chi connectivity index (χ4v) is 3.11. The van der Waals surface area contributed by atoms with Gasteiger partial charge < -0.3 is 14.8 Å². The van der Waals surface area contributed by atoms with Crippen molar-refractivity contribution in [3.63, 3.8) is 0 Å². The van der Waals surface area contributed by atoms with E-state index in [-0.39, 0.29) is 5.92 Å².